The number of hydrogen-bond acceptors (Lipinski definition) is 4. The van der Waals surface area contributed by atoms with E-state index < -0.39 is 0 Å². The second kappa shape index (κ2) is 11.9. The Bertz CT molecular complexity index is 713. The highest BCUT2D eigenvalue weighted by Crippen LogP contribution is 2.30. The van der Waals surface area contributed by atoms with Crippen LogP contribution in [0.5, 0.6) is 11.5 Å². The van der Waals surface area contributed by atoms with Crippen LogP contribution in [-0.4, -0.2) is 32.5 Å². The van der Waals surface area contributed by atoms with Gasteiger partial charge in [-0.05, 0) is 30.2 Å². The maximum Gasteiger partial charge on any atom is 0.193 e. The summed E-state index contributed by atoms with van der Waals surface area (Å²) >= 11 is 1.77. The first-order valence-electron chi connectivity index (χ1n) is 8.09. The average molecular weight is 487 g/mol. The molecule has 0 radical (unpaired) electrons. The monoisotopic (exact) mass is 487 g/mol. The zero-order valence-electron chi connectivity index (χ0n) is 15.3. The van der Waals surface area contributed by atoms with Crippen molar-refractivity contribution in [3.63, 3.8) is 0 Å². The number of para-hydroxylation sites is 1. The fraction of sp³-hybridized carbons (Fsp3) is 0.316. The standard InChI is InChI=1S/C19H25N3O2S.HI/c1-14(13-25-18-10-5-4-9-17(18)24-3)12-21-19(20)22-15-7-6-8-16(11-15)23-2;/h4-11,14H,12-13H2,1-3H3,(H3,20,21,22);1H. The van der Waals surface area contributed by atoms with Crippen LogP contribution in [0.1, 0.15) is 6.92 Å². The zero-order valence-corrected chi connectivity index (χ0v) is 18.4. The van der Waals surface area contributed by atoms with Crippen molar-refractivity contribution in [2.75, 3.05) is 31.8 Å². The topological polar surface area (TPSA) is 68.9 Å². The number of nitrogens with one attached hydrogen (secondary N) is 1. The van der Waals surface area contributed by atoms with E-state index in [0.29, 0.717) is 18.4 Å². The van der Waals surface area contributed by atoms with E-state index in [0.717, 1.165) is 27.8 Å². The molecule has 0 saturated carbocycles. The van der Waals surface area contributed by atoms with Gasteiger partial charge in [0.2, 0.25) is 0 Å². The minimum Gasteiger partial charge on any atom is -0.497 e. The van der Waals surface area contributed by atoms with Crippen molar-refractivity contribution >= 4 is 47.4 Å². The van der Waals surface area contributed by atoms with Gasteiger partial charge in [-0.2, -0.15) is 0 Å². The molecule has 0 aromatic heterocycles. The summed E-state index contributed by atoms with van der Waals surface area (Å²) in [4.78, 5) is 5.57. The Labute approximate surface area is 176 Å². The third kappa shape index (κ3) is 7.33. The van der Waals surface area contributed by atoms with Gasteiger partial charge in [0.15, 0.2) is 5.96 Å². The Hall–Kier alpha value is -1.61. The van der Waals surface area contributed by atoms with E-state index in [2.05, 4.69) is 23.3 Å². The third-order valence-corrected chi connectivity index (χ3v) is 4.89. The molecule has 0 aliphatic heterocycles. The molecule has 3 N–H and O–H groups in total. The number of guanidine groups is 1. The molecule has 142 valence electrons. The molecule has 0 saturated heterocycles. The summed E-state index contributed by atoms with van der Waals surface area (Å²) in [6.07, 6.45) is 0. The number of rotatable bonds is 8. The van der Waals surface area contributed by atoms with E-state index in [-0.39, 0.29) is 24.0 Å². The van der Waals surface area contributed by atoms with Crippen LogP contribution >= 0.6 is 35.7 Å². The van der Waals surface area contributed by atoms with Gasteiger partial charge in [-0.15, -0.1) is 35.7 Å². The fourth-order valence-electron chi connectivity index (χ4n) is 2.17. The first-order chi connectivity index (χ1) is 12.1. The third-order valence-electron chi connectivity index (χ3n) is 3.51. The van der Waals surface area contributed by atoms with Crippen LogP contribution < -0.4 is 20.5 Å². The molecular weight excluding hydrogens is 461 g/mol. The number of aliphatic imine (C=N–C) groups is 1. The number of thioether (sulfide) groups is 1. The number of ether oxygens (including phenoxy) is 2. The fourth-order valence-corrected chi connectivity index (χ4v) is 3.20. The summed E-state index contributed by atoms with van der Waals surface area (Å²) < 4.78 is 10.6. The highest BCUT2D eigenvalue weighted by atomic mass is 127. The largest absolute Gasteiger partial charge is 0.497 e. The smallest absolute Gasteiger partial charge is 0.193 e. The van der Waals surface area contributed by atoms with Crippen molar-refractivity contribution < 1.29 is 9.47 Å². The maximum absolute atomic E-state index is 5.97. The van der Waals surface area contributed by atoms with Crippen LogP contribution in [-0.2, 0) is 0 Å². The van der Waals surface area contributed by atoms with Gasteiger partial charge in [0.05, 0.1) is 14.2 Å². The molecule has 0 fully saturated rings. The summed E-state index contributed by atoms with van der Waals surface area (Å²) in [7, 11) is 3.33. The predicted molar refractivity (Wildman–Crippen MR) is 121 cm³/mol. The second-order valence-electron chi connectivity index (χ2n) is 5.65. The Morgan fingerprint density at radius 3 is 2.65 bits per heavy atom. The summed E-state index contributed by atoms with van der Waals surface area (Å²) in [6.45, 7) is 2.82. The van der Waals surface area contributed by atoms with E-state index in [1.165, 1.54) is 0 Å². The van der Waals surface area contributed by atoms with Gasteiger partial charge in [0.1, 0.15) is 11.5 Å². The minimum absolute atomic E-state index is 0. The van der Waals surface area contributed by atoms with Crippen LogP contribution in [0, 0.1) is 5.92 Å². The lowest BCUT2D eigenvalue weighted by Crippen LogP contribution is -2.23. The Morgan fingerprint density at radius 2 is 1.92 bits per heavy atom. The van der Waals surface area contributed by atoms with Crippen molar-refractivity contribution in [3.8, 4) is 11.5 Å². The molecular formula is C19H26IN3O2S. The molecule has 2 aromatic carbocycles. The normalized spacial score (nSPS) is 12.0. The lowest BCUT2D eigenvalue weighted by atomic mass is 10.2. The van der Waals surface area contributed by atoms with Crippen molar-refractivity contribution in [1.82, 2.24) is 0 Å². The molecule has 0 aliphatic carbocycles. The minimum atomic E-state index is 0. The van der Waals surface area contributed by atoms with E-state index in [1.807, 2.05) is 42.5 Å². The molecule has 2 rings (SSSR count). The van der Waals surface area contributed by atoms with Crippen LogP contribution in [0.15, 0.2) is 58.4 Å². The molecule has 0 amide bonds. The molecule has 0 bridgehead atoms. The molecule has 1 unspecified atom stereocenters. The first-order valence-corrected chi connectivity index (χ1v) is 9.07. The molecule has 1 atom stereocenters. The van der Waals surface area contributed by atoms with E-state index in [9.17, 15) is 0 Å². The summed E-state index contributed by atoms with van der Waals surface area (Å²) in [5.74, 6) is 3.42. The average Bonchev–Trinajstić information content (AvgIpc) is 2.65. The van der Waals surface area contributed by atoms with Gasteiger partial charge < -0.3 is 20.5 Å². The molecule has 0 heterocycles. The van der Waals surface area contributed by atoms with Crippen molar-refractivity contribution in [2.45, 2.75) is 11.8 Å². The number of hydrogen-bond donors (Lipinski definition) is 2. The number of nitrogens with two attached hydrogens (primary N) is 1. The second-order valence-corrected chi connectivity index (χ2v) is 6.71. The Morgan fingerprint density at radius 1 is 1.15 bits per heavy atom. The number of anilines is 1. The summed E-state index contributed by atoms with van der Waals surface area (Å²) in [6, 6.07) is 15.6. The Kier molecular flexibility index (Phi) is 10.3. The van der Waals surface area contributed by atoms with Crippen LogP contribution in [0.3, 0.4) is 0 Å². The molecule has 2 aromatic rings. The van der Waals surface area contributed by atoms with E-state index in [4.69, 9.17) is 15.2 Å². The van der Waals surface area contributed by atoms with E-state index >= 15 is 0 Å². The predicted octanol–water partition coefficient (Wildman–Crippen LogP) is 4.48. The molecule has 26 heavy (non-hydrogen) atoms. The van der Waals surface area contributed by atoms with E-state index in [1.54, 1.807) is 26.0 Å². The van der Waals surface area contributed by atoms with Crippen LogP contribution in [0.25, 0.3) is 0 Å². The molecule has 7 heteroatoms. The molecule has 0 spiro atoms. The van der Waals surface area contributed by atoms with Gasteiger partial charge >= 0.3 is 0 Å². The van der Waals surface area contributed by atoms with Gasteiger partial charge in [-0.25, -0.2) is 0 Å². The zero-order chi connectivity index (χ0) is 18.1. The molecule has 0 aliphatic rings. The first kappa shape index (κ1) is 22.4. The van der Waals surface area contributed by atoms with Gasteiger partial charge in [-0.1, -0.05) is 25.1 Å². The SMILES string of the molecule is COc1cccc(NC(N)=NCC(C)CSc2ccccc2OC)c1.I. The summed E-state index contributed by atoms with van der Waals surface area (Å²) in [5.41, 5.74) is 6.83. The van der Waals surface area contributed by atoms with Gasteiger partial charge in [-0.3, -0.25) is 4.99 Å². The highest BCUT2D eigenvalue weighted by molar-refractivity contribution is 14.0. The van der Waals surface area contributed by atoms with Crippen LogP contribution in [0.2, 0.25) is 0 Å². The van der Waals surface area contributed by atoms with Crippen LogP contribution in [0.4, 0.5) is 5.69 Å². The van der Waals surface area contributed by atoms with Gasteiger partial charge in [0, 0.05) is 28.9 Å². The van der Waals surface area contributed by atoms with Crippen molar-refractivity contribution in [1.29, 1.82) is 0 Å². The number of methoxy groups -OCH3 is 2. The maximum atomic E-state index is 5.97. The van der Waals surface area contributed by atoms with Gasteiger partial charge in [0.25, 0.3) is 0 Å². The van der Waals surface area contributed by atoms with Crippen molar-refractivity contribution in [3.05, 3.63) is 48.5 Å². The summed E-state index contributed by atoms with van der Waals surface area (Å²) in [5, 5.41) is 3.08. The molecule has 5 nitrogen and oxygen atoms in total. The Balaban J connectivity index is 0.00000338. The van der Waals surface area contributed by atoms with Crippen molar-refractivity contribution in [2.24, 2.45) is 16.6 Å². The lowest BCUT2D eigenvalue weighted by Gasteiger charge is -2.12. The highest BCUT2D eigenvalue weighted by Gasteiger charge is 2.07. The number of halogens is 1. The lowest BCUT2D eigenvalue weighted by molar-refractivity contribution is 0.405. The quantitative estimate of drug-likeness (QED) is 0.249. The number of nitrogens with zero attached hydrogens (tertiary/aromatic N) is 1. The number of benzene rings is 2.